The average molecular weight is 313 g/mol. The van der Waals surface area contributed by atoms with Gasteiger partial charge in [0.1, 0.15) is 5.54 Å². The number of benzene rings is 2. The molecule has 1 aliphatic rings. The zero-order valence-electron chi connectivity index (χ0n) is 10.4. The molecule has 2 nitrogen and oxygen atoms in total. The highest BCUT2D eigenvalue weighted by atomic mass is 79.9. The number of para-hydroxylation sites is 1. The normalized spacial score (nSPS) is 15.6. The van der Waals surface area contributed by atoms with E-state index in [4.69, 9.17) is 0 Å². The molecule has 0 bridgehead atoms. The Bertz CT molecular complexity index is 633. The van der Waals surface area contributed by atoms with Crippen molar-refractivity contribution >= 4 is 21.6 Å². The minimum absolute atomic E-state index is 0.534. The molecule has 3 heteroatoms. The Hall–Kier alpha value is -1.79. The van der Waals surface area contributed by atoms with E-state index in [9.17, 15) is 5.26 Å². The summed E-state index contributed by atoms with van der Waals surface area (Å²) in [4.78, 5) is 0. The largest absolute Gasteiger partial charge is 0.366 e. The van der Waals surface area contributed by atoms with Crippen LogP contribution in [0.15, 0.2) is 53.0 Å². The van der Waals surface area contributed by atoms with Crippen LogP contribution in [0.25, 0.3) is 0 Å². The van der Waals surface area contributed by atoms with Gasteiger partial charge in [0.2, 0.25) is 0 Å². The summed E-state index contributed by atoms with van der Waals surface area (Å²) >= 11 is 3.52. The molecule has 2 aromatic rings. The van der Waals surface area contributed by atoms with Crippen molar-refractivity contribution in [3.8, 4) is 6.07 Å². The summed E-state index contributed by atoms with van der Waals surface area (Å²) in [6.45, 7) is 0. The van der Waals surface area contributed by atoms with Gasteiger partial charge < -0.3 is 5.32 Å². The first-order valence-electron chi connectivity index (χ1n) is 6.23. The molecule has 0 radical (unpaired) electrons. The molecule has 0 saturated heterocycles. The molecule has 0 aromatic heterocycles. The number of fused-ring (bicyclic) bond motifs is 1. The third kappa shape index (κ3) is 2.24. The van der Waals surface area contributed by atoms with Gasteiger partial charge >= 0.3 is 0 Å². The molecule has 3 rings (SSSR count). The first-order chi connectivity index (χ1) is 9.22. The molecule has 0 aliphatic heterocycles. The molecule has 94 valence electrons. The Labute approximate surface area is 121 Å². The molecule has 2 aromatic carbocycles. The standard InChI is InChI=1S/C16H13BrN2/c17-14-7-3-4-8-15(14)19-16(11-18)9-12-5-1-2-6-13(12)10-16/h1-8,19H,9-10H2. The van der Waals surface area contributed by atoms with Crippen molar-refractivity contribution in [2.75, 3.05) is 5.32 Å². The fourth-order valence-corrected chi connectivity index (χ4v) is 3.01. The lowest BCUT2D eigenvalue weighted by Crippen LogP contribution is -2.37. The summed E-state index contributed by atoms with van der Waals surface area (Å²) in [5.41, 5.74) is 2.97. The molecule has 0 fully saturated rings. The maximum atomic E-state index is 9.61. The summed E-state index contributed by atoms with van der Waals surface area (Å²) in [7, 11) is 0. The summed E-state index contributed by atoms with van der Waals surface area (Å²) in [5, 5.41) is 13.0. The van der Waals surface area contributed by atoms with Crippen LogP contribution in [0.1, 0.15) is 11.1 Å². The molecule has 19 heavy (non-hydrogen) atoms. The quantitative estimate of drug-likeness (QED) is 0.912. The molecule has 0 heterocycles. The van der Waals surface area contributed by atoms with Gasteiger partial charge in [-0.2, -0.15) is 5.26 Å². The van der Waals surface area contributed by atoms with Gasteiger partial charge in [0.15, 0.2) is 0 Å². The van der Waals surface area contributed by atoms with Gasteiger partial charge in [-0.3, -0.25) is 0 Å². The fraction of sp³-hybridized carbons (Fsp3) is 0.188. The second-order valence-corrected chi connectivity index (χ2v) is 5.78. The number of hydrogen-bond donors (Lipinski definition) is 1. The zero-order chi connectivity index (χ0) is 13.3. The Morgan fingerprint density at radius 1 is 1.00 bits per heavy atom. The van der Waals surface area contributed by atoms with E-state index in [0.717, 1.165) is 23.0 Å². The predicted molar refractivity (Wildman–Crippen MR) is 80.0 cm³/mol. The Morgan fingerprint density at radius 2 is 1.58 bits per heavy atom. The van der Waals surface area contributed by atoms with Gasteiger partial charge in [-0.05, 0) is 39.2 Å². The van der Waals surface area contributed by atoms with Crippen molar-refractivity contribution in [1.29, 1.82) is 5.26 Å². The van der Waals surface area contributed by atoms with E-state index in [0.29, 0.717) is 0 Å². The van der Waals surface area contributed by atoms with Crippen molar-refractivity contribution in [1.82, 2.24) is 0 Å². The highest BCUT2D eigenvalue weighted by Crippen LogP contribution is 2.34. The summed E-state index contributed by atoms with van der Waals surface area (Å²) in [6.07, 6.45) is 1.50. The number of halogens is 1. The lowest BCUT2D eigenvalue weighted by atomic mass is 9.97. The maximum Gasteiger partial charge on any atom is 0.133 e. The molecule has 0 amide bonds. The summed E-state index contributed by atoms with van der Waals surface area (Å²) < 4.78 is 0.987. The molecule has 0 spiro atoms. The third-order valence-electron chi connectivity index (χ3n) is 3.56. The third-order valence-corrected chi connectivity index (χ3v) is 4.26. The monoisotopic (exact) mass is 312 g/mol. The van der Waals surface area contributed by atoms with E-state index in [1.807, 2.05) is 36.4 Å². The number of hydrogen-bond acceptors (Lipinski definition) is 2. The molecule has 1 N–H and O–H groups in total. The van der Waals surface area contributed by atoms with Crippen LogP contribution in [0.3, 0.4) is 0 Å². The van der Waals surface area contributed by atoms with Gasteiger partial charge in [0, 0.05) is 23.0 Å². The molecule has 0 unspecified atom stereocenters. The number of nitriles is 1. The van der Waals surface area contributed by atoms with Crippen LogP contribution in [-0.2, 0) is 12.8 Å². The van der Waals surface area contributed by atoms with Gasteiger partial charge in [-0.25, -0.2) is 0 Å². The molecule has 1 aliphatic carbocycles. The van der Waals surface area contributed by atoms with Crippen LogP contribution in [0.2, 0.25) is 0 Å². The second-order valence-electron chi connectivity index (χ2n) is 4.92. The highest BCUT2D eigenvalue weighted by molar-refractivity contribution is 9.10. The van der Waals surface area contributed by atoms with E-state index in [1.165, 1.54) is 11.1 Å². The van der Waals surface area contributed by atoms with E-state index >= 15 is 0 Å². The maximum absolute atomic E-state index is 9.61. The van der Waals surface area contributed by atoms with Crippen LogP contribution < -0.4 is 5.32 Å². The van der Waals surface area contributed by atoms with E-state index in [-0.39, 0.29) is 0 Å². The smallest absolute Gasteiger partial charge is 0.133 e. The van der Waals surface area contributed by atoms with Crippen molar-refractivity contribution in [2.24, 2.45) is 0 Å². The number of nitrogens with one attached hydrogen (secondary N) is 1. The lowest BCUT2D eigenvalue weighted by molar-refractivity contribution is 0.627. The zero-order valence-corrected chi connectivity index (χ0v) is 11.9. The van der Waals surface area contributed by atoms with Crippen LogP contribution >= 0.6 is 15.9 Å². The van der Waals surface area contributed by atoms with Gasteiger partial charge in [0.25, 0.3) is 0 Å². The first kappa shape index (κ1) is 12.3. The SMILES string of the molecule is N#CC1(Nc2ccccc2Br)Cc2ccccc2C1. The van der Waals surface area contributed by atoms with Gasteiger partial charge in [-0.1, -0.05) is 36.4 Å². The van der Waals surface area contributed by atoms with Crippen molar-refractivity contribution in [3.05, 3.63) is 64.1 Å². The lowest BCUT2D eigenvalue weighted by Gasteiger charge is -2.24. The predicted octanol–water partition coefficient (Wildman–Crippen LogP) is 3.92. The summed E-state index contributed by atoms with van der Waals surface area (Å²) in [6, 6.07) is 18.7. The Kier molecular flexibility index (Phi) is 3.04. The minimum Gasteiger partial charge on any atom is -0.366 e. The number of rotatable bonds is 2. The molecular formula is C16H13BrN2. The van der Waals surface area contributed by atoms with Gasteiger partial charge in [0.05, 0.1) is 6.07 Å². The van der Waals surface area contributed by atoms with Crippen molar-refractivity contribution in [2.45, 2.75) is 18.4 Å². The van der Waals surface area contributed by atoms with Crippen molar-refractivity contribution < 1.29 is 0 Å². The number of nitrogens with zero attached hydrogens (tertiary/aromatic N) is 1. The minimum atomic E-state index is -0.534. The van der Waals surface area contributed by atoms with E-state index in [1.54, 1.807) is 0 Å². The fourth-order valence-electron chi connectivity index (χ4n) is 2.63. The van der Waals surface area contributed by atoms with Crippen molar-refractivity contribution in [3.63, 3.8) is 0 Å². The van der Waals surface area contributed by atoms with Crippen LogP contribution in [0.4, 0.5) is 5.69 Å². The second kappa shape index (κ2) is 4.71. The topological polar surface area (TPSA) is 35.8 Å². The van der Waals surface area contributed by atoms with E-state index in [2.05, 4.69) is 39.4 Å². The highest BCUT2D eigenvalue weighted by Gasteiger charge is 2.37. The summed E-state index contributed by atoms with van der Waals surface area (Å²) in [5.74, 6) is 0. The Balaban J connectivity index is 1.92. The van der Waals surface area contributed by atoms with E-state index < -0.39 is 5.54 Å². The average Bonchev–Trinajstić information content (AvgIpc) is 2.80. The van der Waals surface area contributed by atoms with Crippen LogP contribution in [0, 0.1) is 11.3 Å². The molecule has 0 atom stereocenters. The molecular weight excluding hydrogens is 300 g/mol. The first-order valence-corrected chi connectivity index (χ1v) is 7.02. The van der Waals surface area contributed by atoms with Gasteiger partial charge in [-0.15, -0.1) is 0 Å². The van der Waals surface area contributed by atoms with Crippen LogP contribution in [-0.4, -0.2) is 5.54 Å². The molecule has 0 saturated carbocycles. The number of anilines is 1. The Morgan fingerprint density at radius 3 is 2.16 bits per heavy atom. The van der Waals surface area contributed by atoms with Crippen LogP contribution in [0.5, 0.6) is 0 Å².